The predicted octanol–water partition coefficient (Wildman–Crippen LogP) is 1.66. The molecule has 2 aliphatic heterocycles. The van der Waals surface area contributed by atoms with Gasteiger partial charge < -0.3 is 5.32 Å². The number of rotatable bonds is 4. The highest BCUT2D eigenvalue weighted by atomic mass is 32.2. The van der Waals surface area contributed by atoms with Gasteiger partial charge in [0.2, 0.25) is 0 Å². The second-order valence-corrected chi connectivity index (χ2v) is 10.3. The summed E-state index contributed by atoms with van der Waals surface area (Å²) in [5.74, 6) is 1.74. The van der Waals surface area contributed by atoms with Crippen molar-refractivity contribution in [3.8, 4) is 0 Å². The van der Waals surface area contributed by atoms with Crippen molar-refractivity contribution in [1.82, 2.24) is 10.2 Å². The van der Waals surface area contributed by atoms with Crippen LogP contribution < -0.4 is 5.32 Å². The molecule has 2 saturated heterocycles. The molecule has 21 heavy (non-hydrogen) atoms. The summed E-state index contributed by atoms with van der Waals surface area (Å²) in [4.78, 5) is 2.49. The fourth-order valence-corrected chi connectivity index (χ4v) is 6.08. The summed E-state index contributed by atoms with van der Waals surface area (Å²) in [7, 11) is -2.84. The van der Waals surface area contributed by atoms with Crippen LogP contribution in [-0.4, -0.2) is 55.5 Å². The van der Waals surface area contributed by atoms with Crippen LogP contribution in [0.3, 0.4) is 0 Å². The molecule has 3 fully saturated rings. The van der Waals surface area contributed by atoms with Crippen LogP contribution in [0.5, 0.6) is 0 Å². The Morgan fingerprint density at radius 2 is 2.00 bits per heavy atom. The minimum Gasteiger partial charge on any atom is -0.308 e. The molecule has 0 spiro atoms. The second kappa shape index (κ2) is 5.50. The van der Waals surface area contributed by atoms with Gasteiger partial charge in [0.25, 0.3) is 0 Å². The zero-order valence-corrected chi connectivity index (χ0v) is 14.5. The average Bonchev–Trinajstić information content (AvgIpc) is 3.17. The van der Waals surface area contributed by atoms with Crippen LogP contribution in [0.4, 0.5) is 0 Å². The molecule has 0 aromatic carbocycles. The van der Waals surface area contributed by atoms with E-state index in [0.29, 0.717) is 17.7 Å². The first kappa shape index (κ1) is 15.8. The van der Waals surface area contributed by atoms with Crippen molar-refractivity contribution < 1.29 is 8.42 Å². The number of hydrogen-bond acceptors (Lipinski definition) is 4. The predicted molar refractivity (Wildman–Crippen MR) is 86.1 cm³/mol. The Hall–Kier alpha value is -0.130. The van der Waals surface area contributed by atoms with Crippen molar-refractivity contribution in [2.45, 2.75) is 63.3 Å². The topological polar surface area (TPSA) is 49.4 Å². The maximum Gasteiger partial charge on any atom is 0.154 e. The highest BCUT2D eigenvalue weighted by Gasteiger charge is 2.47. The van der Waals surface area contributed by atoms with E-state index in [4.69, 9.17) is 0 Å². The van der Waals surface area contributed by atoms with Crippen LogP contribution in [-0.2, 0) is 9.84 Å². The molecule has 0 aromatic heterocycles. The van der Waals surface area contributed by atoms with Gasteiger partial charge in [0.05, 0.1) is 11.0 Å². The fourth-order valence-electron chi connectivity index (χ4n) is 4.24. The number of piperazine rings is 1. The summed E-state index contributed by atoms with van der Waals surface area (Å²) < 4.78 is 24.4. The quantitative estimate of drug-likeness (QED) is 0.857. The van der Waals surface area contributed by atoms with E-state index in [0.717, 1.165) is 38.4 Å². The van der Waals surface area contributed by atoms with Gasteiger partial charge in [0.15, 0.2) is 9.84 Å². The minimum absolute atomic E-state index is 0.125. The van der Waals surface area contributed by atoms with Crippen molar-refractivity contribution in [3.63, 3.8) is 0 Å². The van der Waals surface area contributed by atoms with Gasteiger partial charge in [-0.3, -0.25) is 4.90 Å². The maximum absolute atomic E-state index is 12.2. The summed E-state index contributed by atoms with van der Waals surface area (Å²) in [5, 5.41) is 3.65. The van der Waals surface area contributed by atoms with Crippen molar-refractivity contribution in [2.75, 3.05) is 25.4 Å². The Kier molecular flexibility index (Phi) is 4.13. The summed E-state index contributed by atoms with van der Waals surface area (Å²) in [6.45, 7) is 9.58. The molecule has 0 radical (unpaired) electrons. The molecule has 4 nitrogen and oxygen atoms in total. The molecule has 3 aliphatic rings. The SMILES string of the molecule is CC(C)C1CNC(C)(C2CC2)CN1CC1CCCS1(=O)=O. The van der Waals surface area contributed by atoms with Crippen LogP contribution >= 0.6 is 0 Å². The van der Waals surface area contributed by atoms with E-state index in [9.17, 15) is 8.42 Å². The number of nitrogens with one attached hydrogen (secondary N) is 1. The lowest BCUT2D eigenvalue weighted by Crippen LogP contribution is -2.66. The lowest BCUT2D eigenvalue weighted by atomic mass is 9.88. The van der Waals surface area contributed by atoms with Crippen LogP contribution in [0, 0.1) is 11.8 Å². The first-order valence-electron chi connectivity index (χ1n) is 8.52. The Bertz CT molecular complexity index is 487. The number of sulfone groups is 1. The molecular formula is C16H30N2O2S. The van der Waals surface area contributed by atoms with Crippen molar-refractivity contribution in [2.24, 2.45) is 11.8 Å². The smallest absolute Gasteiger partial charge is 0.154 e. The highest BCUT2D eigenvalue weighted by molar-refractivity contribution is 7.92. The molecule has 1 aliphatic carbocycles. The van der Waals surface area contributed by atoms with Gasteiger partial charge in [-0.2, -0.15) is 0 Å². The van der Waals surface area contributed by atoms with Crippen LogP contribution in [0.1, 0.15) is 46.5 Å². The highest BCUT2D eigenvalue weighted by Crippen LogP contribution is 2.42. The standard InChI is InChI=1S/C16H30N2O2S/c1-12(2)15-9-17-16(3,13-6-7-13)11-18(15)10-14-5-4-8-21(14,19)20/h12-15,17H,4-11H2,1-3H3. The van der Waals surface area contributed by atoms with Crippen molar-refractivity contribution in [1.29, 1.82) is 0 Å². The number of nitrogens with zero attached hydrogens (tertiary/aromatic N) is 1. The molecule has 1 saturated carbocycles. The zero-order chi connectivity index (χ0) is 15.3. The zero-order valence-electron chi connectivity index (χ0n) is 13.6. The Labute approximate surface area is 129 Å². The van der Waals surface area contributed by atoms with Crippen LogP contribution in [0.2, 0.25) is 0 Å². The third-order valence-electron chi connectivity index (χ3n) is 5.86. The van der Waals surface area contributed by atoms with E-state index < -0.39 is 9.84 Å². The van der Waals surface area contributed by atoms with Gasteiger partial charge >= 0.3 is 0 Å². The molecule has 1 N–H and O–H groups in total. The second-order valence-electron chi connectivity index (χ2n) is 7.94. The van der Waals surface area contributed by atoms with Crippen molar-refractivity contribution in [3.05, 3.63) is 0 Å². The molecular weight excluding hydrogens is 284 g/mol. The fraction of sp³-hybridized carbons (Fsp3) is 1.00. The van der Waals surface area contributed by atoms with Gasteiger partial charge in [0.1, 0.15) is 0 Å². The van der Waals surface area contributed by atoms with E-state index in [2.05, 4.69) is 31.0 Å². The summed E-state index contributed by atoms with van der Waals surface area (Å²) in [6.07, 6.45) is 4.36. The lowest BCUT2D eigenvalue weighted by Gasteiger charge is -2.48. The summed E-state index contributed by atoms with van der Waals surface area (Å²) in [5.41, 5.74) is 0.188. The molecule has 122 valence electrons. The molecule has 3 atom stereocenters. The van der Waals surface area contributed by atoms with E-state index in [1.807, 2.05) is 0 Å². The third-order valence-corrected chi connectivity index (χ3v) is 8.12. The molecule has 3 rings (SSSR count). The normalized spacial score (nSPS) is 40.8. The van der Waals surface area contributed by atoms with E-state index >= 15 is 0 Å². The van der Waals surface area contributed by atoms with E-state index in [1.54, 1.807) is 0 Å². The first-order valence-corrected chi connectivity index (χ1v) is 10.2. The third kappa shape index (κ3) is 3.15. The monoisotopic (exact) mass is 314 g/mol. The average molecular weight is 314 g/mol. The van der Waals surface area contributed by atoms with E-state index in [-0.39, 0.29) is 10.8 Å². The van der Waals surface area contributed by atoms with Crippen LogP contribution in [0.15, 0.2) is 0 Å². The molecule has 3 unspecified atom stereocenters. The largest absolute Gasteiger partial charge is 0.308 e. The summed E-state index contributed by atoms with van der Waals surface area (Å²) in [6, 6.07) is 0.465. The first-order chi connectivity index (χ1) is 9.82. The Balaban J connectivity index is 1.74. The summed E-state index contributed by atoms with van der Waals surface area (Å²) >= 11 is 0. The maximum atomic E-state index is 12.2. The van der Waals surface area contributed by atoms with Gasteiger partial charge in [-0.15, -0.1) is 0 Å². The van der Waals surface area contributed by atoms with Gasteiger partial charge in [-0.1, -0.05) is 13.8 Å². The van der Waals surface area contributed by atoms with Crippen molar-refractivity contribution >= 4 is 9.84 Å². The van der Waals surface area contributed by atoms with Gasteiger partial charge in [0, 0.05) is 31.2 Å². The molecule has 5 heteroatoms. The molecule has 2 heterocycles. The van der Waals surface area contributed by atoms with Gasteiger partial charge in [-0.05, 0) is 44.4 Å². The minimum atomic E-state index is -2.84. The molecule has 0 aromatic rings. The Morgan fingerprint density at radius 3 is 2.52 bits per heavy atom. The molecule has 0 amide bonds. The van der Waals surface area contributed by atoms with Gasteiger partial charge in [-0.25, -0.2) is 8.42 Å². The Morgan fingerprint density at radius 1 is 1.29 bits per heavy atom. The lowest BCUT2D eigenvalue weighted by molar-refractivity contribution is 0.0523. The molecule has 0 bridgehead atoms. The van der Waals surface area contributed by atoms with Crippen LogP contribution in [0.25, 0.3) is 0 Å². The number of hydrogen-bond donors (Lipinski definition) is 1. The van der Waals surface area contributed by atoms with E-state index in [1.165, 1.54) is 12.8 Å².